The SMILES string of the molecule is CC1CCCC1Nc1ccc2c(c1)OC(F)(F)O2. The van der Waals surface area contributed by atoms with Crippen molar-refractivity contribution in [3.63, 3.8) is 0 Å². The average Bonchev–Trinajstić information content (AvgIpc) is 2.80. The zero-order valence-electron chi connectivity index (χ0n) is 10.1. The molecule has 3 nitrogen and oxygen atoms in total. The van der Waals surface area contributed by atoms with Crippen molar-refractivity contribution in [2.24, 2.45) is 5.92 Å². The van der Waals surface area contributed by atoms with Gasteiger partial charge in [-0.25, -0.2) is 0 Å². The molecule has 1 heterocycles. The lowest BCUT2D eigenvalue weighted by Gasteiger charge is -2.18. The van der Waals surface area contributed by atoms with E-state index in [0.717, 1.165) is 12.1 Å². The third-order valence-electron chi connectivity index (χ3n) is 3.61. The summed E-state index contributed by atoms with van der Waals surface area (Å²) in [5.41, 5.74) is 0.800. The van der Waals surface area contributed by atoms with Gasteiger partial charge >= 0.3 is 6.29 Å². The van der Waals surface area contributed by atoms with Crippen LogP contribution in [0.2, 0.25) is 0 Å². The topological polar surface area (TPSA) is 30.5 Å². The number of alkyl halides is 2. The molecule has 1 fully saturated rings. The number of hydrogen-bond acceptors (Lipinski definition) is 3. The van der Waals surface area contributed by atoms with Crippen LogP contribution in [0.4, 0.5) is 14.5 Å². The molecule has 18 heavy (non-hydrogen) atoms. The molecule has 98 valence electrons. The van der Waals surface area contributed by atoms with E-state index in [9.17, 15) is 8.78 Å². The lowest BCUT2D eigenvalue weighted by molar-refractivity contribution is -0.286. The van der Waals surface area contributed by atoms with E-state index in [4.69, 9.17) is 0 Å². The lowest BCUT2D eigenvalue weighted by Crippen LogP contribution is -2.26. The van der Waals surface area contributed by atoms with Gasteiger partial charge in [-0.2, -0.15) is 0 Å². The van der Waals surface area contributed by atoms with Crippen molar-refractivity contribution in [1.29, 1.82) is 0 Å². The second kappa shape index (κ2) is 4.00. The van der Waals surface area contributed by atoms with Crippen LogP contribution in [0, 0.1) is 5.92 Å². The van der Waals surface area contributed by atoms with Crippen molar-refractivity contribution in [1.82, 2.24) is 0 Å². The van der Waals surface area contributed by atoms with E-state index in [-0.39, 0.29) is 11.5 Å². The van der Waals surface area contributed by atoms with Crippen molar-refractivity contribution in [2.45, 2.75) is 38.5 Å². The number of fused-ring (bicyclic) bond motifs is 1. The van der Waals surface area contributed by atoms with Crippen molar-refractivity contribution >= 4 is 5.69 Å². The first kappa shape index (κ1) is 11.6. The second-order valence-corrected chi connectivity index (χ2v) is 4.99. The van der Waals surface area contributed by atoms with Gasteiger partial charge in [0, 0.05) is 17.8 Å². The van der Waals surface area contributed by atoms with Gasteiger partial charge < -0.3 is 14.8 Å². The van der Waals surface area contributed by atoms with Gasteiger partial charge in [0.2, 0.25) is 0 Å². The number of halogens is 2. The largest absolute Gasteiger partial charge is 0.586 e. The summed E-state index contributed by atoms with van der Waals surface area (Å²) in [7, 11) is 0. The third-order valence-corrected chi connectivity index (χ3v) is 3.61. The van der Waals surface area contributed by atoms with Crippen LogP contribution in [0.5, 0.6) is 11.5 Å². The Kier molecular flexibility index (Phi) is 2.57. The van der Waals surface area contributed by atoms with E-state index in [1.165, 1.54) is 18.9 Å². The summed E-state index contributed by atoms with van der Waals surface area (Å²) >= 11 is 0. The predicted octanol–water partition coefficient (Wildman–Crippen LogP) is 3.61. The molecule has 2 unspecified atom stereocenters. The summed E-state index contributed by atoms with van der Waals surface area (Å²) in [6, 6.07) is 5.24. The lowest BCUT2D eigenvalue weighted by atomic mass is 10.1. The fraction of sp³-hybridized carbons (Fsp3) is 0.538. The average molecular weight is 255 g/mol. The number of rotatable bonds is 2. The van der Waals surface area contributed by atoms with Crippen LogP contribution in [-0.2, 0) is 0 Å². The second-order valence-electron chi connectivity index (χ2n) is 4.99. The smallest absolute Gasteiger partial charge is 0.395 e. The van der Waals surface area contributed by atoms with Gasteiger partial charge in [0.25, 0.3) is 0 Å². The Balaban J connectivity index is 1.76. The minimum absolute atomic E-state index is 0.0880. The van der Waals surface area contributed by atoms with Crippen molar-refractivity contribution in [2.75, 3.05) is 5.32 Å². The molecule has 1 aliphatic heterocycles. The molecule has 1 aromatic carbocycles. The Bertz CT molecular complexity index is 464. The minimum Gasteiger partial charge on any atom is -0.395 e. The van der Waals surface area contributed by atoms with Gasteiger partial charge in [-0.05, 0) is 30.9 Å². The first-order chi connectivity index (χ1) is 8.53. The molecule has 0 saturated heterocycles. The number of hydrogen-bond donors (Lipinski definition) is 1. The maximum Gasteiger partial charge on any atom is 0.586 e. The summed E-state index contributed by atoms with van der Waals surface area (Å²) in [6.45, 7) is 2.20. The van der Waals surface area contributed by atoms with E-state index in [1.807, 2.05) is 0 Å². The Morgan fingerprint density at radius 3 is 2.72 bits per heavy atom. The molecule has 1 saturated carbocycles. The van der Waals surface area contributed by atoms with Gasteiger partial charge in [-0.3, -0.25) is 0 Å². The molecule has 0 amide bonds. The van der Waals surface area contributed by atoms with Crippen LogP contribution in [0.1, 0.15) is 26.2 Å². The molecule has 2 atom stereocenters. The van der Waals surface area contributed by atoms with Crippen molar-refractivity contribution in [3.8, 4) is 11.5 Å². The van der Waals surface area contributed by atoms with E-state index < -0.39 is 6.29 Å². The van der Waals surface area contributed by atoms with Gasteiger partial charge in [0.05, 0.1) is 0 Å². The minimum atomic E-state index is -3.54. The van der Waals surface area contributed by atoms with E-state index in [0.29, 0.717) is 12.0 Å². The maximum absolute atomic E-state index is 12.9. The Morgan fingerprint density at radius 1 is 1.22 bits per heavy atom. The molecular weight excluding hydrogens is 240 g/mol. The predicted molar refractivity (Wildman–Crippen MR) is 63.1 cm³/mol. The summed E-state index contributed by atoms with van der Waals surface area (Å²) in [6.07, 6.45) is -0.00484. The molecule has 5 heteroatoms. The zero-order chi connectivity index (χ0) is 12.8. The van der Waals surface area contributed by atoms with Crippen molar-refractivity contribution < 1.29 is 18.3 Å². The summed E-state index contributed by atoms with van der Waals surface area (Å²) < 4.78 is 34.5. The molecule has 0 radical (unpaired) electrons. The van der Waals surface area contributed by atoms with Gasteiger partial charge in [-0.1, -0.05) is 13.3 Å². The monoisotopic (exact) mass is 255 g/mol. The fourth-order valence-corrected chi connectivity index (χ4v) is 2.61. The van der Waals surface area contributed by atoms with Crippen molar-refractivity contribution in [3.05, 3.63) is 18.2 Å². The van der Waals surface area contributed by atoms with Crippen LogP contribution < -0.4 is 14.8 Å². The molecule has 1 aromatic rings. The molecule has 1 N–H and O–H groups in total. The number of nitrogens with one attached hydrogen (secondary N) is 1. The fourth-order valence-electron chi connectivity index (χ4n) is 2.61. The van der Waals surface area contributed by atoms with E-state index in [2.05, 4.69) is 21.7 Å². The molecule has 0 spiro atoms. The Labute approximate surface area is 104 Å². The highest BCUT2D eigenvalue weighted by Crippen LogP contribution is 2.42. The van der Waals surface area contributed by atoms with Gasteiger partial charge in [-0.15, -0.1) is 8.78 Å². The molecule has 2 aliphatic rings. The summed E-state index contributed by atoms with van der Waals surface area (Å²) in [4.78, 5) is 0. The Morgan fingerprint density at radius 2 is 2.00 bits per heavy atom. The number of anilines is 1. The van der Waals surface area contributed by atoms with Crippen LogP contribution in [0.25, 0.3) is 0 Å². The highest BCUT2D eigenvalue weighted by Gasteiger charge is 2.43. The zero-order valence-corrected chi connectivity index (χ0v) is 10.1. The quantitative estimate of drug-likeness (QED) is 0.875. The van der Waals surface area contributed by atoms with Gasteiger partial charge in [0.15, 0.2) is 11.5 Å². The van der Waals surface area contributed by atoms with E-state index in [1.54, 1.807) is 12.1 Å². The first-order valence-electron chi connectivity index (χ1n) is 6.20. The first-order valence-corrected chi connectivity index (χ1v) is 6.20. The molecule has 3 rings (SSSR count). The normalized spacial score (nSPS) is 28.4. The molecular formula is C13H15F2NO2. The molecule has 0 bridgehead atoms. The number of benzene rings is 1. The standard InChI is InChI=1S/C13H15F2NO2/c1-8-3-2-4-10(8)16-9-5-6-11-12(7-9)18-13(14,15)17-11/h5-8,10,16H,2-4H2,1H3. The molecule has 0 aromatic heterocycles. The third kappa shape index (κ3) is 2.09. The van der Waals surface area contributed by atoms with Crippen LogP contribution in [0.3, 0.4) is 0 Å². The van der Waals surface area contributed by atoms with E-state index >= 15 is 0 Å². The van der Waals surface area contributed by atoms with Crippen LogP contribution >= 0.6 is 0 Å². The number of ether oxygens (including phenoxy) is 2. The van der Waals surface area contributed by atoms with Gasteiger partial charge in [0.1, 0.15) is 0 Å². The Hall–Kier alpha value is -1.52. The maximum atomic E-state index is 12.9. The summed E-state index contributed by atoms with van der Waals surface area (Å²) in [5, 5.41) is 3.37. The highest BCUT2D eigenvalue weighted by molar-refractivity contribution is 5.56. The van der Waals surface area contributed by atoms with Crippen LogP contribution in [0.15, 0.2) is 18.2 Å². The van der Waals surface area contributed by atoms with Crippen LogP contribution in [-0.4, -0.2) is 12.3 Å². The highest BCUT2D eigenvalue weighted by atomic mass is 19.3. The molecule has 1 aliphatic carbocycles. The summed E-state index contributed by atoms with van der Waals surface area (Å²) in [5.74, 6) is 0.789.